The first-order chi connectivity index (χ1) is 5.62. The van der Waals surface area contributed by atoms with E-state index in [1.807, 2.05) is 4.72 Å². The van der Waals surface area contributed by atoms with Gasteiger partial charge in [-0.3, -0.25) is 4.79 Å². The molecule has 3 N–H and O–H groups in total. The molecule has 0 bridgehead atoms. The van der Waals surface area contributed by atoms with E-state index in [1.165, 1.54) is 0 Å². The van der Waals surface area contributed by atoms with Gasteiger partial charge in [-0.2, -0.15) is 17.9 Å². The lowest BCUT2D eigenvalue weighted by molar-refractivity contribution is -0.135. The molecular formula is C6H14N2O4S. The number of aliphatic carboxylic acids is 1. The maximum atomic E-state index is 11.1. The first-order valence-electron chi connectivity index (χ1n) is 3.63. The fourth-order valence-corrected chi connectivity index (χ4v) is 1.79. The van der Waals surface area contributed by atoms with Crippen LogP contribution in [0.25, 0.3) is 0 Å². The molecule has 6 nitrogen and oxygen atoms in total. The molecular weight excluding hydrogens is 196 g/mol. The summed E-state index contributed by atoms with van der Waals surface area (Å²) in [6.45, 7) is 4.36. The predicted octanol–water partition coefficient (Wildman–Crippen LogP) is -0.706. The van der Waals surface area contributed by atoms with Crippen molar-refractivity contribution in [3.8, 4) is 0 Å². The molecule has 13 heavy (non-hydrogen) atoms. The zero-order chi connectivity index (χ0) is 10.7. The monoisotopic (exact) mass is 210 g/mol. The first-order valence-corrected chi connectivity index (χ1v) is 5.11. The number of carboxylic acids is 1. The third-order valence-electron chi connectivity index (χ3n) is 0.854. The van der Waals surface area contributed by atoms with Gasteiger partial charge in [0.15, 0.2) is 0 Å². The molecule has 0 unspecified atom stereocenters. The van der Waals surface area contributed by atoms with Crippen LogP contribution in [-0.4, -0.2) is 31.6 Å². The summed E-state index contributed by atoms with van der Waals surface area (Å²) in [4.78, 5) is 10.1. The normalized spacial score (nSPS) is 12.8. The lowest BCUT2D eigenvalue weighted by Gasteiger charge is -2.19. The molecule has 0 fully saturated rings. The maximum absolute atomic E-state index is 11.1. The Morgan fingerprint density at radius 1 is 1.38 bits per heavy atom. The highest BCUT2D eigenvalue weighted by atomic mass is 32.2. The Labute approximate surface area is 77.5 Å². The van der Waals surface area contributed by atoms with E-state index in [-0.39, 0.29) is 0 Å². The van der Waals surface area contributed by atoms with Crippen molar-refractivity contribution in [2.75, 3.05) is 6.54 Å². The summed E-state index contributed by atoms with van der Waals surface area (Å²) < 4.78 is 26.3. The zero-order valence-electron chi connectivity index (χ0n) is 7.79. The second-order valence-corrected chi connectivity index (χ2v) is 5.07. The van der Waals surface area contributed by atoms with Gasteiger partial charge in [0.2, 0.25) is 0 Å². The maximum Gasteiger partial charge on any atom is 0.318 e. The SMILES string of the molecule is CC(C)(C)NS(=O)(=O)NCC(=O)O. The van der Waals surface area contributed by atoms with Crippen molar-refractivity contribution in [1.29, 1.82) is 0 Å². The molecule has 0 amide bonds. The van der Waals surface area contributed by atoms with Crippen molar-refractivity contribution in [2.24, 2.45) is 0 Å². The summed E-state index contributed by atoms with van der Waals surface area (Å²) in [5, 5.41) is 8.22. The molecule has 0 aliphatic carbocycles. The number of nitrogens with one attached hydrogen (secondary N) is 2. The van der Waals surface area contributed by atoms with E-state index in [1.54, 1.807) is 20.8 Å². The lowest BCUT2D eigenvalue weighted by Crippen LogP contribution is -2.48. The van der Waals surface area contributed by atoms with E-state index in [0.717, 1.165) is 0 Å². The molecule has 0 saturated carbocycles. The molecule has 0 rings (SSSR count). The fourth-order valence-electron chi connectivity index (χ4n) is 0.596. The Balaban J connectivity index is 4.19. The summed E-state index contributed by atoms with van der Waals surface area (Å²) in [6, 6.07) is 0. The van der Waals surface area contributed by atoms with E-state index < -0.39 is 28.3 Å². The van der Waals surface area contributed by atoms with Crippen LogP contribution in [0.5, 0.6) is 0 Å². The molecule has 0 saturated heterocycles. The average Bonchev–Trinajstić information content (AvgIpc) is 1.78. The van der Waals surface area contributed by atoms with Crippen LogP contribution in [-0.2, 0) is 15.0 Å². The van der Waals surface area contributed by atoms with Gasteiger partial charge in [-0.15, -0.1) is 0 Å². The molecule has 0 aromatic heterocycles. The van der Waals surface area contributed by atoms with Crippen molar-refractivity contribution < 1.29 is 18.3 Å². The number of rotatable bonds is 4. The Morgan fingerprint density at radius 2 is 1.85 bits per heavy atom. The molecule has 0 radical (unpaired) electrons. The van der Waals surface area contributed by atoms with Crippen molar-refractivity contribution in [3.63, 3.8) is 0 Å². The van der Waals surface area contributed by atoms with Gasteiger partial charge in [0.1, 0.15) is 6.54 Å². The van der Waals surface area contributed by atoms with E-state index >= 15 is 0 Å². The van der Waals surface area contributed by atoms with Crippen LogP contribution in [0.1, 0.15) is 20.8 Å². The van der Waals surface area contributed by atoms with E-state index in [9.17, 15) is 13.2 Å². The van der Waals surface area contributed by atoms with Gasteiger partial charge in [0.05, 0.1) is 0 Å². The van der Waals surface area contributed by atoms with Gasteiger partial charge in [0, 0.05) is 5.54 Å². The molecule has 0 atom stereocenters. The Kier molecular flexibility index (Phi) is 3.83. The standard InChI is InChI=1S/C6H14N2O4S/c1-6(2,3)8-13(11,12)7-4-5(9)10/h7-8H,4H2,1-3H3,(H,9,10). The highest BCUT2D eigenvalue weighted by Crippen LogP contribution is 1.99. The number of hydrogen-bond donors (Lipinski definition) is 3. The molecule has 7 heteroatoms. The summed E-state index contributed by atoms with van der Waals surface area (Å²) in [7, 11) is -3.72. The second-order valence-electron chi connectivity index (χ2n) is 3.57. The summed E-state index contributed by atoms with van der Waals surface area (Å²) in [5.41, 5.74) is -0.621. The quantitative estimate of drug-likeness (QED) is 0.571. The largest absolute Gasteiger partial charge is 0.480 e. The van der Waals surface area contributed by atoms with Crippen LogP contribution >= 0.6 is 0 Å². The molecule has 0 aliphatic rings. The van der Waals surface area contributed by atoms with Gasteiger partial charge in [-0.25, -0.2) is 0 Å². The van der Waals surface area contributed by atoms with Crippen LogP contribution in [0.15, 0.2) is 0 Å². The predicted molar refractivity (Wildman–Crippen MR) is 47.4 cm³/mol. The highest BCUT2D eigenvalue weighted by Gasteiger charge is 2.19. The van der Waals surface area contributed by atoms with Gasteiger partial charge in [-0.05, 0) is 20.8 Å². The Morgan fingerprint density at radius 3 is 2.15 bits per heavy atom. The number of hydrogen-bond acceptors (Lipinski definition) is 3. The molecule has 0 spiro atoms. The summed E-state index contributed by atoms with van der Waals surface area (Å²) in [5.74, 6) is -1.22. The second kappa shape index (κ2) is 4.03. The Hall–Kier alpha value is -0.660. The van der Waals surface area contributed by atoms with Crippen molar-refractivity contribution in [2.45, 2.75) is 26.3 Å². The van der Waals surface area contributed by atoms with Gasteiger partial charge in [-0.1, -0.05) is 0 Å². The minimum absolute atomic E-state index is 0.620. The van der Waals surface area contributed by atoms with E-state index in [0.29, 0.717) is 0 Å². The fraction of sp³-hybridized carbons (Fsp3) is 0.833. The van der Waals surface area contributed by atoms with Gasteiger partial charge < -0.3 is 5.11 Å². The molecule has 78 valence electrons. The molecule has 0 aliphatic heterocycles. The zero-order valence-corrected chi connectivity index (χ0v) is 8.60. The Bertz CT molecular complexity index is 277. The lowest BCUT2D eigenvalue weighted by atomic mass is 10.1. The van der Waals surface area contributed by atoms with E-state index in [2.05, 4.69) is 4.72 Å². The van der Waals surface area contributed by atoms with Gasteiger partial charge >= 0.3 is 5.97 Å². The van der Waals surface area contributed by atoms with Crippen molar-refractivity contribution in [3.05, 3.63) is 0 Å². The third-order valence-corrected chi connectivity index (χ3v) is 2.26. The minimum Gasteiger partial charge on any atom is -0.480 e. The van der Waals surface area contributed by atoms with Crippen LogP contribution in [0.3, 0.4) is 0 Å². The van der Waals surface area contributed by atoms with Crippen LogP contribution in [0, 0.1) is 0 Å². The smallest absolute Gasteiger partial charge is 0.318 e. The molecule has 0 aromatic rings. The summed E-state index contributed by atoms with van der Waals surface area (Å²) in [6.07, 6.45) is 0. The molecule has 0 aromatic carbocycles. The van der Waals surface area contributed by atoms with Crippen LogP contribution < -0.4 is 9.44 Å². The van der Waals surface area contributed by atoms with Gasteiger partial charge in [0.25, 0.3) is 10.2 Å². The molecule has 0 heterocycles. The van der Waals surface area contributed by atoms with Crippen LogP contribution in [0.4, 0.5) is 0 Å². The number of carbonyl (C=O) groups is 1. The van der Waals surface area contributed by atoms with Crippen molar-refractivity contribution in [1.82, 2.24) is 9.44 Å². The van der Waals surface area contributed by atoms with Crippen LogP contribution in [0.2, 0.25) is 0 Å². The highest BCUT2D eigenvalue weighted by molar-refractivity contribution is 7.87. The number of carboxylic acid groups (broad SMARTS) is 1. The topological polar surface area (TPSA) is 95.5 Å². The minimum atomic E-state index is -3.72. The summed E-state index contributed by atoms with van der Waals surface area (Å²) >= 11 is 0. The first kappa shape index (κ1) is 12.3. The average molecular weight is 210 g/mol. The third kappa shape index (κ3) is 7.69. The van der Waals surface area contributed by atoms with Crippen molar-refractivity contribution >= 4 is 16.2 Å². The van der Waals surface area contributed by atoms with E-state index in [4.69, 9.17) is 5.11 Å².